The summed E-state index contributed by atoms with van der Waals surface area (Å²) in [4.78, 5) is 3.40. The Kier molecular flexibility index (Phi) is 3.48. The molecule has 0 spiro atoms. The molecule has 1 aromatic carbocycles. The van der Waals surface area contributed by atoms with E-state index in [1.165, 1.54) is 12.3 Å². The first-order chi connectivity index (χ1) is 10.4. The lowest BCUT2D eigenvalue weighted by molar-refractivity contribution is 0.210. The Balaban J connectivity index is 2.13. The number of halogens is 2. The van der Waals surface area contributed by atoms with Gasteiger partial charge in [-0.05, 0) is 31.2 Å². The summed E-state index contributed by atoms with van der Waals surface area (Å²) in [6.45, 7) is 1.69. The third kappa shape index (κ3) is 2.39. The monoisotopic (exact) mass is 326 g/mol. The van der Waals surface area contributed by atoms with E-state index in [4.69, 9.17) is 4.74 Å². The first kappa shape index (κ1) is 14.7. The average Bonchev–Trinajstić information content (AvgIpc) is 2.45. The zero-order valence-corrected chi connectivity index (χ0v) is 12.3. The SMILES string of the molecule is CC1CN(S(=O)(=O)c2ccc(F)cc2F)c2cccnc2O1. The molecule has 1 aromatic heterocycles. The van der Waals surface area contributed by atoms with Crippen molar-refractivity contribution in [3.8, 4) is 5.88 Å². The normalized spacial score (nSPS) is 17.8. The standard InChI is InChI=1S/C14H12F2N2O3S/c1-9-8-18(12-3-2-6-17-14(12)21-9)22(19,20)13-5-4-10(15)7-11(13)16/h2-7,9H,8H2,1H3. The molecule has 0 amide bonds. The minimum atomic E-state index is -4.18. The van der Waals surface area contributed by atoms with Gasteiger partial charge in [-0.1, -0.05) is 0 Å². The Morgan fingerprint density at radius 2 is 2.09 bits per heavy atom. The van der Waals surface area contributed by atoms with E-state index in [1.807, 2.05) is 0 Å². The number of pyridine rings is 1. The van der Waals surface area contributed by atoms with Crippen LogP contribution in [-0.2, 0) is 10.0 Å². The van der Waals surface area contributed by atoms with Crippen LogP contribution < -0.4 is 9.04 Å². The van der Waals surface area contributed by atoms with Crippen molar-refractivity contribution in [3.63, 3.8) is 0 Å². The number of fused-ring (bicyclic) bond motifs is 1. The number of hydrogen-bond donors (Lipinski definition) is 0. The second-order valence-electron chi connectivity index (χ2n) is 4.87. The van der Waals surface area contributed by atoms with Crippen LogP contribution in [0.1, 0.15) is 6.92 Å². The van der Waals surface area contributed by atoms with E-state index in [2.05, 4.69) is 4.98 Å². The zero-order chi connectivity index (χ0) is 15.9. The first-order valence-corrected chi connectivity index (χ1v) is 7.93. The molecule has 22 heavy (non-hydrogen) atoms. The maximum absolute atomic E-state index is 13.9. The maximum Gasteiger partial charge on any atom is 0.267 e. The molecule has 2 heterocycles. The number of nitrogens with zero attached hydrogens (tertiary/aromatic N) is 2. The second kappa shape index (κ2) is 5.20. The van der Waals surface area contributed by atoms with Crippen LogP contribution in [0.25, 0.3) is 0 Å². The Morgan fingerprint density at radius 3 is 2.82 bits per heavy atom. The molecule has 1 unspecified atom stereocenters. The number of sulfonamides is 1. The summed E-state index contributed by atoms with van der Waals surface area (Å²) in [6.07, 6.45) is 1.03. The molecular formula is C14H12F2N2O3S. The molecular weight excluding hydrogens is 314 g/mol. The summed E-state index contributed by atoms with van der Waals surface area (Å²) in [6, 6.07) is 5.44. The summed E-state index contributed by atoms with van der Waals surface area (Å²) in [5.74, 6) is -1.81. The van der Waals surface area contributed by atoms with Gasteiger partial charge in [-0.3, -0.25) is 4.31 Å². The Hall–Kier alpha value is -2.22. The highest BCUT2D eigenvalue weighted by atomic mass is 32.2. The van der Waals surface area contributed by atoms with Crippen LogP contribution in [0.4, 0.5) is 14.5 Å². The van der Waals surface area contributed by atoms with E-state index in [1.54, 1.807) is 13.0 Å². The van der Waals surface area contributed by atoms with Gasteiger partial charge in [0.25, 0.3) is 10.0 Å². The second-order valence-corrected chi connectivity index (χ2v) is 6.70. The van der Waals surface area contributed by atoms with Crippen LogP contribution in [0.3, 0.4) is 0 Å². The quantitative estimate of drug-likeness (QED) is 0.850. The van der Waals surface area contributed by atoms with Gasteiger partial charge in [-0.2, -0.15) is 0 Å². The predicted molar refractivity (Wildman–Crippen MR) is 75.2 cm³/mol. The van der Waals surface area contributed by atoms with Crippen molar-refractivity contribution in [3.05, 3.63) is 48.2 Å². The maximum atomic E-state index is 13.9. The van der Waals surface area contributed by atoms with Gasteiger partial charge in [0.15, 0.2) is 0 Å². The van der Waals surface area contributed by atoms with Crippen LogP contribution in [0.15, 0.2) is 41.4 Å². The number of aromatic nitrogens is 1. The highest BCUT2D eigenvalue weighted by Gasteiger charge is 2.35. The zero-order valence-electron chi connectivity index (χ0n) is 11.5. The smallest absolute Gasteiger partial charge is 0.267 e. The molecule has 1 aliphatic heterocycles. The molecule has 0 saturated carbocycles. The van der Waals surface area contributed by atoms with Gasteiger partial charge in [0.2, 0.25) is 5.88 Å². The first-order valence-electron chi connectivity index (χ1n) is 6.49. The van der Waals surface area contributed by atoms with E-state index < -0.39 is 32.7 Å². The summed E-state index contributed by atoms with van der Waals surface area (Å²) in [5.41, 5.74) is 0.226. The molecule has 8 heteroatoms. The number of anilines is 1. The van der Waals surface area contributed by atoms with Gasteiger partial charge in [-0.25, -0.2) is 22.2 Å². The van der Waals surface area contributed by atoms with E-state index in [0.29, 0.717) is 6.07 Å². The van der Waals surface area contributed by atoms with Gasteiger partial charge in [0.05, 0.1) is 6.54 Å². The molecule has 116 valence electrons. The molecule has 0 saturated heterocycles. The molecule has 5 nitrogen and oxygen atoms in total. The van der Waals surface area contributed by atoms with Gasteiger partial charge >= 0.3 is 0 Å². The van der Waals surface area contributed by atoms with Crippen molar-refractivity contribution >= 4 is 15.7 Å². The average molecular weight is 326 g/mol. The molecule has 1 aliphatic rings. The van der Waals surface area contributed by atoms with Gasteiger partial charge in [-0.15, -0.1) is 0 Å². The lowest BCUT2D eigenvalue weighted by Crippen LogP contribution is -2.42. The van der Waals surface area contributed by atoms with Crippen molar-refractivity contribution in [1.29, 1.82) is 0 Å². The fraction of sp³-hybridized carbons (Fsp3) is 0.214. The van der Waals surface area contributed by atoms with E-state index in [0.717, 1.165) is 16.4 Å². The fourth-order valence-electron chi connectivity index (χ4n) is 2.25. The Morgan fingerprint density at radius 1 is 1.32 bits per heavy atom. The molecule has 0 bridgehead atoms. The molecule has 1 atom stereocenters. The highest BCUT2D eigenvalue weighted by Crippen LogP contribution is 2.35. The topological polar surface area (TPSA) is 59.5 Å². The Labute approximate surface area is 126 Å². The van der Waals surface area contributed by atoms with Gasteiger partial charge in [0, 0.05) is 12.3 Å². The van der Waals surface area contributed by atoms with Crippen LogP contribution in [0, 0.1) is 11.6 Å². The summed E-state index contributed by atoms with van der Waals surface area (Å²) in [7, 11) is -4.18. The van der Waals surface area contributed by atoms with Crippen molar-refractivity contribution in [2.45, 2.75) is 17.9 Å². The van der Waals surface area contributed by atoms with Crippen molar-refractivity contribution < 1.29 is 21.9 Å². The van der Waals surface area contributed by atoms with Crippen molar-refractivity contribution in [1.82, 2.24) is 4.98 Å². The van der Waals surface area contributed by atoms with Crippen molar-refractivity contribution in [2.75, 3.05) is 10.8 Å². The summed E-state index contributed by atoms with van der Waals surface area (Å²) >= 11 is 0. The minimum absolute atomic E-state index is 0.0117. The minimum Gasteiger partial charge on any atom is -0.471 e. The molecule has 0 fully saturated rings. The number of hydrogen-bond acceptors (Lipinski definition) is 4. The number of rotatable bonds is 2. The molecule has 3 rings (SSSR count). The Bertz CT molecular complexity index is 827. The van der Waals surface area contributed by atoms with E-state index in [9.17, 15) is 17.2 Å². The van der Waals surface area contributed by atoms with E-state index in [-0.39, 0.29) is 18.1 Å². The summed E-state index contributed by atoms with van der Waals surface area (Å²) in [5, 5.41) is 0. The van der Waals surface area contributed by atoms with Crippen LogP contribution in [0.2, 0.25) is 0 Å². The fourth-order valence-corrected chi connectivity index (χ4v) is 3.84. The predicted octanol–water partition coefficient (Wildman–Crippen LogP) is 2.34. The largest absolute Gasteiger partial charge is 0.471 e. The third-order valence-corrected chi connectivity index (χ3v) is 5.03. The van der Waals surface area contributed by atoms with Gasteiger partial charge in [0.1, 0.15) is 28.3 Å². The van der Waals surface area contributed by atoms with E-state index >= 15 is 0 Å². The molecule has 0 radical (unpaired) electrons. The van der Waals surface area contributed by atoms with Crippen molar-refractivity contribution in [2.24, 2.45) is 0 Å². The molecule has 0 N–H and O–H groups in total. The number of ether oxygens (including phenoxy) is 1. The van der Waals surface area contributed by atoms with Crippen LogP contribution in [0.5, 0.6) is 5.88 Å². The van der Waals surface area contributed by atoms with Gasteiger partial charge < -0.3 is 4.74 Å². The molecule has 0 aliphatic carbocycles. The lowest BCUT2D eigenvalue weighted by atomic mass is 10.3. The molecule has 2 aromatic rings. The lowest BCUT2D eigenvalue weighted by Gasteiger charge is -2.33. The summed E-state index contributed by atoms with van der Waals surface area (Å²) < 4.78 is 58.8. The third-order valence-electron chi connectivity index (χ3n) is 3.22. The van der Waals surface area contributed by atoms with Crippen LogP contribution in [-0.4, -0.2) is 26.1 Å². The highest BCUT2D eigenvalue weighted by molar-refractivity contribution is 7.92. The van der Waals surface area contributed by atoms with Crippen LogP contribution >= 0.6 is 0 Å². The number of benzene rings is 1.